The number of hydrogen-bond acceptors (Lipinski definition) is 2. The van der Waals surface area contributed by atoms with Crippen molar-refractivity contribution in [3.8, 4) is 5.75 Å². The zero-order valence-electron chi connectivity index (χ0n) is 12.4. The van der Waals surface area contributed by atoms with E-state index in [9.17, 15) is 4.39 Å². The molecule has 1 atom stereocenters. The Kier molecular flexibility index (Phi) is 5.21. The summed E-state index contributed by atoms with van der Waals surface area (Å²) in [5, 5.41) is 3.54. The van der Waals surface area contributed by atoms with Gasteiger partial charge >= 0.3 is 0 Å². The molecular formula is C17H19ClFNO. The van der Waals surface area contributed by atoms with Crippen LogP contribution in [0.2, 0.25) is 5.02 Å². The van der Waals surface area contributed by atoms with E-state index in [4.69, 9.17) is 16.3 Å². The Labute approximate surface area is 129 Å². The summed E-state index contributed by atoms with van der Waals surface area (Å²) in [5.74, 6) is 0.452. The molecule has 0 aliphatic heterocycles. The fraction of sp³-hybridized carbons (Fsp3) is 0.294. The first kappa shape index (κ1) is 15.8. The summed E-state index contributed by atoms with van der Waals surface area (Å²) >= 11 is 5.90. The van der Waals surface area contributed by atoms with Gasteiger partial charge in [-0.25, -0.2) is 4.39 Å². The molecule has 0 aromatic heterocycles. The van der Waals surface area contributed by atoms with Crippen molar-refractivity contribution in [2.75, 3.05) is 13.7 Å². The van der Waals surface area contributed by atoms with Crippen LogP contribution in [0.5, 0.6) is 5.75 Å². The molecule has 0 aliphatic rings. The minimum Gasteiger partial charge on any atom is -0.496 e. The van der Waals surface area contributed by atoms with Gasteiger partial charge in [-0.1, -0.05) is 36.7 Å². The Morgan fingerprint density at radius 3 is 2.43 bits per heavy atom. The van der Waals surface area contributed by atoms with Crippen LogP contribution in [0.4, 0.5) is 4.39 Å². The van der Waals surface area contributed by atoms with Crippen molar-refractivity contribution in [3.05, 3.63) is 63.9 Å². The Morgan fingerprint density at radius 1 is 1.19 bits per heavy atom. The fourth-order valence-corrected chi connectivity index (χ4v) is 2.59. The zero-order valence-corrected chi connectivity index (χ0v) is 13.2. The number of rotatable bonds is 5. The van der Waals surface area contributed by atoms with Crippen LogP contribution < -0.4 is 10.1 Å². The van der Waals surface area contributed by atoms with Gasteiger partial charge in [0.1, 0.15) is 11.6 Å². The Hall–Kier alpha value is -1.58. The van der Waals surface area contributed by atoms with Crippen molar-refractivity contribution < 1.29 is 9.13 Å². The topological polar surface area (TPSA) is 21.3 Å². The Morgan fingerprint density at radius 2 is 1.86 bits per heavy atom. The fourth-order valence-electron chi connectivity index (χ4n) is 2.41. The van der Waals surface area contributed by atoms with E-state index >= 15 is 0 Å². The first-order chi connectivity index (χ1) is 10.1. The number of benzene rings is 2. The second-order valence-corrected chi connectivity index (χ2v) is 5.30. The van der Waals surface area contributed by atoms with Gasteiger partial charge in [0.15, 0.2) is 0 Å². The van der Waals surface area contributed by atoms with Gasteiger partial charge in [0.05, 0.1) is 18.2 Å². The highest BCUT2D eigenvalue weighted by atomic mass is 35.5. The van der Waals surface area contributed by atoms with Gasteiger partial charge < -0.3 is 10.1 Å². The van der Waals surface area contributed by atoms with Crippen LogP contribution in [0, 0.1) is 12.7 Å². The quantitative estimate of drug-likeness (QED) is 0.878. The van der Waals surface area contributed by atoms with Gasteiger partial charge in [0, 0.05) is 0 Å². The first-order valence-electron chi connectivity index (χ1n) is 6.89. The molecule has 0 aliphatic carbocycles. The van der Waals surface area contributed by atoms with Crippen LogP contribution in [0.15, 0.2) is 36.4 Å². The highest BCUT2D eigenvalue weighted by molar-refractivity contribution is 6.30. The summed E-state index contributed by atoms with van der Waals surface area (Å²) in [6.45, 7) is 4.84. The molecule has 112 valence electrons. The molecule has 0 spiro atoms. The van der Waals surface area contributed by atoms with Crippen LogP contribution in [-0.4, -0.2) is 13.7 Å². The molecule has 2 aromatic carbocycles. The molecule has 1 N–H and O–H groups in total. The van der Waals surface area contributed by atoms with Crippen molar-refractivity contribution in [2.45, 2.75) is 19.9 Å². The lowest BCUT2D eigenvalue weighted by molar-refractivity contribution is 0.411. The van der Waals surface area contributed by atoms with Crippen LogP contribution in [-0.2, 0) is 0 Å². The first-order valence-corrected chi connectivity index (χ1v) is 7.27. The molecule has 0 fully saturated rings. The van der Waals surface area contributed by atoms with E-state index < -0.39 is 5.82 Å². The Bertz CT molecular complexity index is 630. The number of methoxy groups -OCH3 is 1. The molecule has 4 heteroatoms. The molecule has 0 radical (unpaired) electrons. The number of halogens is 2. The third kappa shape index (κ3) is 3.55. The average Bonchev–Trinajstić information content (AvgIpc) is 2.48. The summed E-state index contributed by atoms with van der Waals surface area (Å²) in [4.78, 5) is 0. The minimum atomic E-state index is -0.401. The summed E-state index contributed by atoms with van der Waals surface area (Å²) in [7, 11) is 1.66. The van der Waals surface area contributed by atoms with Gasteiger partial charge in [-0.2, -0.15) is 0 Å². The molecule has 2 rings (SSSR count). The zero-order chi connectivity index (χ0) is 15.4. The second kappa shape index (κ2) is 6.92. The van der Waals surface area contributed by atoms with Crippen LogP contribution >= 0.6 is 11.6 Å². The van der Waals surface area contributed by atoms with Crippen LogP contribution in [0.1, 0.15) is 29.7 Å². The number of ether oxygens (including phenoxy) is 1. The van der Waals surface area contributed by atoms with Crippen molar-refractivity contribution in [1.82, 2.24) is 5.32 Å². The molecule has 2 nitrogen and oxygen atoms in total. The lowest BCUT2D eigenvalue weighted by Crippen LogP contribution is -2.22. The predicted octanol–water partition coefficient (Wildman–Crippen LogP) is 4.50. The van der Waals surface area contributed by atoms with Gasteiger partial charge in [-0.15, -0.1) is 0 Å². The molecule has 0 amide bonds. The third-order valence-corrected chi connectivity index (χ3v) is 3.73. The van der Waals surface area contributed by atoms with E-state index in [1.54, 1.807) is 19.2 Å². The lowest BCUT2D eigenvalue weighted by Gasteiger charge is -2.20. The summed E-state index contributed by atoms with van der Waals surface area (Å²) in [5.41, 5.74) is 3.09. The average molecular weight is 308 g/mol. The van der Waals surface area contributed by atoms with Gasteiger partial charge in [-0.3, -0.25) is 0 Å². The maximum Gasteiger partial charge on any atom is 0.141 e. The van der Waals surface area contributed by atoms with Crippen LogP contribution in [0.3, 0.4) is 0 Å². The normalized spacial score (nSPS) is 12.2. The van der Waals surface area contributed by atoms with E-state index in [1.807, 2.05) is 26.0 Å². The van der Waals surface area contributed by atoms with Crippen molar-refractivity contribution in [2.24, 2.45) is 0 Å². The van der Waals surface area contributed by atoms with E-state index in [2.05, 4.69) is 11.4 Å². The monoisotopic (exact) mass is 307 g/mol. The van der Waals surface area contributed by atoms with E-state index in [-0.39, 0.29) is 11.1 Å². The molecule has 0 heterocycles. The molecule has 0 saturated heterocycles. The Balaban J connectivity index is 2.42. The number of aryl methyl sites for hydroxylation is 1. The number of hydrogen-bond donors (Lipinski definition) is 1. The number of nitrogens with one attached hydrogen (secondary N) is 1. The summed E-state index contributed by atoms with van der Waals surface area (Å²) < 4.78 is 18.6. The van der Waals surface area contributed by atoms with Gasteiger partial charge in [0.25, 0.3) is 0 Å². The lowest BCUT2D eigenvalue weighted by atomic mass is 9.97. The maximum atomic E-state index is 13.3. The highest BCUT2D eigenvalue weighted by Crippen LogP contribution is 2.29. The van der Waals surface area contributed by atoms with E-state index in [0.717, 1.165) is 29.0 Å². The molecule has 0 bridgehead atoms. The van der Waals surface area contributed by atoms with E-state index in [1.165, 1.54) is 6.07 Å². The molecular weight excluding hydrogens is 289 g/mol. The largest absolute Gasteiger partial charge is 0.496 e. The molecule has 2 aromatic rings. The molecule has 0 saturated carbocycles. The van der Waals surface area contributed by atoms with Crippen molar-refractivity contribution in [3.63, 3.8) is 0 Å². The summed E-state index contributed by atoms with van der Waals surface area (Å²) in [6, 6.07) is 10.8. The maximum absolute atomic E-state index is 13.3. The second-order valence-electron chi connectivity index (χ2n) is 4.89. The third-order valence-electron chi connectivity index (χ3n) is 3.44. The standard InChI is InChI=1S/C17H19ClFNO/c1-4-20-17(13-5-7-15(19)14(18)10-13)12-6-8-16(21-3)11(2)9-12/h5-10,17,20H,4H2,1-3H3. The molecule has 1 unspecified atom stereocenters. The minimum absolute atomic E-state index is 0.0299. The summed E-state index contributed by atoms with van der Waals surface area (Å²) in [6.07, 6.45) is 0. The highest BCUT2D eigenvalue weighted by Gasteiger charge is 2.15. The van der Waals surface area contributed by atoms with E-state index in [0.29, 0.717) is 0 Å². The van der Waals surface area contributed by atoms with Gasteiger partial charge in [0.2, 0.25) is 0 Å². The van der Waals surface area contributed by atoms with Crippen molar-refractivity contribution in [1.29, 1.82) is 0 Å². The van der Waals surface area contributed by atoms with Crippen molar-refractivity contribution >= 4 is 11.6 Å². The molecule has 21 heavy (non-hydrogen) atoms. The van der Waals surface area contributed by atoms with Gasteiger partial charge in [-0.05, 0) is 48.4 Å². The smallest absolute Gasteiger partial charge is 0.141 e. The SMILES string of the molecule is CCNC(c1ccc(OC)c(C)c1)c1ccc(F)c(Cl)c1. The van der Waals surface area contributed by atoms with Crippen LogP contribution in [0.25, 0.3) is 0 Å². The predicted molar refractivity (Wildman–Crippen MR) is 84.7 cm³/mol.